The third-order valence-corrected chi connectivity index (χ3v) is 4.62. The summed E-state index contributed by atoms with van der Waals surface area (Å²) in [5.41, 5.74) is 3.14. The maximum Gasteiger partial charge on any atom is 0.224 e. The summed E-state index contributed by atoms with van der Waals surface area (Å²) in [5, 5.41) is 3.68. The Kier molecular flexibility index (Phi) is 7.40. The molecule has 0 aliphatic carbocycles. The molecule has 0 fully saturated rings. The Morgan fingerprint density at radius 3 is 2.00 bits per heavy atom. The number of benzene rings is 2. The molecule has 0 saturated heterocycles. The number of amides is 1. The molecule has 1 N–H and O–H groups in total. The number of hydrogen-bond donors (Lipinski definition) is 1. The molecule has 2 aromatic carbocycles. The van der Waals surface area contributed by atoms with Gasteiger partial charge in [-0.1, -0.05) is 61.8 Å². The van der Waals surface area contributed by atoms with E-state index >= 15 is 0 Å². The average Bonchev–Trinajstić information content (AvgIpc) is 2.61. The fourth-order valence-corrected chi connectivity index (χ4v) is 2.81. The van der Waals surface area contributed by atoms with Crippen LogP contribution in [0.2, 0.25) is 5.02 Å². The Bertz CT molecular complexity index is 736. The molecular formula is C22H26ClNO2. The first-order valence-electron chi connectivity index (χ1n) is 9.02. The highest BCUT2D eigenvalue weighted by molar-refractivity contribution is 6.30. The van der Waals surface area contributed by atoms with Crippen molar-refractivity contribution in [2.75, 3.05) is 0 Å². The first kappa shape index (κ1) is 20.2. The van der Waals surface area contributed by atoms with Gasteiger partial charge in [-0.05, 0) is 42.2 Å². The van der Waals surface area contributed by atoms with Crippen LogP contribution in [0.1, 0.15) is 39.2 Å². The van der Waals surface area contributed by atoms with E-state index in [1.54, 1.807) is 0 Å². The van der Waals surface area contributed by atoms with E-state index in [2.05, 4.69) is 5.32 Å². The maximum absolute atomic E-state index is 12.2. The fraction of sp³-hybridized carbons (Fsp3) is 0.364. The normalized spacial score (nSPS) is 12.0. The molecule has 0 heterocycles. The lowest BCUT2D eigenvalue weighted by Gasteiger charge is -2.14. The first-order valence-corrected chi connectivity index (χ1v) is 9.40. The van der Waals surface area contributed by atoms with Crippen molar-refractivity contribution in [3.63, 3.8) is 0 Å². The van der Waals surface area contributed by atoms with Gasteiger partial charge in [-0.3, -0.25) is 9.59 Å². The van der Waals surface area contributed by atoms with Crippen molar-refractivity contribution in [1.29, 1.82) is 0 Å². The zero-order valence-corrected chi connectivity index (χ0v) is 16.3. The summed E-state index contributed by atoms with van der Waals surface area (Å²) in [7, 11) is 0. The van der Waals surface area contributed by atoms with Crippen molar-refractivity contribution in [2.45, 2.75) is 46.1 Å². The van der Waals surface area contributed by atoms with Crippen LogP contribution in [0.3, 0.4) is 0 Å². The number of hydrogen-bond acceptors (Lipinski definition) is 2. The fourth-order valence-electron chi connectivity index (χ4n) is 2.69. The van der Waals surface area contributed by atoms with E-state index in [9.17, 15) is 9.59 Å². The van der Waals surface area contributed by atoms with Gasteiger partial charge in [0, 0.05) is 23.4 Å². The maximum atomic E-state index is 12.2. The van der Waals surface area contributed by atoms with Crippen LogP contribution in [0.25, 0.3) is 11.1 Å². The van der Waals surface area contributed by atoms with Gasteiger partial charge in [-0.25, -0.2) is 0 Å². The average molecular weight is 372 g/mol. The third kappa shape index (κ3) is 6.30. The van der Waals surface area contributed by atoms with Crippen molar-refractivity contribution in [3.05, 3.63) is 59.1 Å². The Morgan fingerprint density at radius 2 is 1.46 bits per heavy atom. The van der Waals surface area contributed by atoms with Crippen LogP contribution in [-0.4, -0.2) is 17.7 Å². The molecule has 0 aromatic heterocycles. The van der Waals surface area contributed by atoms with E-state index in [0.29, 0.717) is 24.3 Å². The van der Waals surface area contributed by atoms with E-state index in [1.807, 2.05) is 69.3 Å². The standard InChI is InChI=1S/C22H26ClNO2/c1-15(2)21(25)13-4-16(3)24-22(26)14-17-5-7-18(8-6-17)19-9-11-20(23)12-10-19/h5-12,15-16H,4,13-14H2,1-3H3,(H,24,26)/t16-/m1/s1. The van der Waals surface area contributed by atoms with E-state index in [4.69, 9.17) is 11.6 Å². The highest BCUT2D eigenvalue weighted by Gasteiger charge is 2.12. The number of ketones is 1. The van der Waals surface area contributed by atoms with Gasteiger partial charge in [0.05, 0.1) is 6.42 Å². The Hall–Kier alpha value is -2.13. The van der Waals surface area contributed by atoms with Gasteiger partial charge in [0.1, 0.15) is 5.78 Å². The molecule has 138 valence electrons. The summed E-state index contributed by atoms with van der Waals surface area (Å²) >= 11 is 5.92. The molecule has 26 heavy (non-hydrogen) atoms. The summed E-state index contributed by atoms with van der Waals surface area (Å²) in [4.78, 5) is 23.9. The van der Waals surface area contributed by atoms with Crippen molar-refractivity contribution in [1.82, 2.24) is 5.32 Å². The zero-order valence-electron chi connectivity index (χ0n) is 15.6. The van der Waals surface area contributed by atoms with E-state index in [1.165, 1.54) is 0 Å². The number of carbonyl (C=O) groups excluding carboxylic acids is 2. The molecule has 1 amide bonds. The molecule has 0 unspecified atom stereocenters. The molecule has 0 aliphatic rings. The molecule has 3 nitrogen and oxygen atoms in total. The molecule has 4 heteroatoms. The van der Waals surface area contributed by atoms with Crippen molar-refractivity contribution in [3.8, 4) is 11.1 Å². The summed E-state index contributed by atoms with van der Waals surface area (Å²) < 4.78 is 0. The van der Waals surface area contributed by atoms with Gasteiger partial charge in [0.15, 0.2) is 0 Å². The lowest BCUT2D eigenvalue weighted by molar-refractivity contribution is -0.123. The third-order valence-electron chi connectivity index (χ3n) is 4.37. The SMILES string of the molecule is CC(C)C(=O)CC[C@@H](C)NC(=O)Cc1ccc(-c2ccc(Cl)cc2)cc1. The van der Waals surface area contributed by atoms with Crippen LogP contribution in [0.4, 0.5) is 0 Å². The molecule has 2 aromatic rings. The van der Waals surface area contributed by atoms with Gasteiger partial charge < -0.3 is 5.32 Å². The Balaban J connectivity index is 1.85. The highest BCUT2D eigenvalue weighted by Crippen LogP contribution is 2.22. The monoisotopic (exact) mass is 371 g/mol. The molecule has 1 atom stereocenters. The Labute approximate surface area is 160 Å². The molecule has 0 saturated carbocycles. The summed E-state index contributed by atoms with van der Waals surface area (Å²) in [6.07, 6.45) is 1.52. The summed E-state index contributed by atoms with van der Waals surface area (Å²) in [5.74, 6) is 0.273. The van der Waals surface area contributed by atoms with Crippen molar-refractivity contribution < 1.29 is 9.59 Å². The van der Waals surface area contributed by atoms with E-state index < -0.39 is 0 Å². The summed E-state index contributed by atoms with van der Waals surface area (Å²) in [6, 6.07) is 15.6. The van der Waals surface area contributed by atoms with Gasteiger partial charge in [0.2, 0.25) is 5.91 Å². The molecule has 0 aliphatic heterocycles. The number of carbonyl (C=O) groups is 2. The number of halogens is 1. The molecule has 0 radical (unpaired) electrons. The molecule has 0 bridgehead atoms. The van der Waals surface area contributed by atoms with Crippen LogP contribution >= 0.6 is 11.6 Å². The summed E-state index contributed by atoms with van der Waals surface area (Å²) in [6.45, 7) is 5.74. The molecule has 2 rings (SSSR count). The number of Topliss-reactive ketones (excluding diaryl/α,β-unsaturated/α-hetero) is 1. The first-order chi connectivity index (χ1) is 12.3. The van der Waals surface area contributed by atoms with Gasteiger partial charge in [-0.2, -0.15) is 0 Å². The lowest BCUT2D eigenvalue weighted by atomic mass is 10.0. The second-order valence-corrected chi connectivity index (χ2v) is 7.45. The van der Waals surface area contributed by atoms with Crippen LogP contribution in [0.5, 0.6) is 0 Å². The van der Waals surface area contributed by atoms with Gasteiger partial charge in [-0.15, -0.1) is 0 Å². The zero-order chi connectivity index (χ0) is 19.1. The van der Waals surface area contributed by atoms with E-state index in [-0.39, 0.29) is 23.7 Å². The van der Waals surface area contributed by atoms with Crippen LogP contribution in [-0.2, 0) is 16.0 Å². The smallest absolute Gasteiger partial charge is 0.224 e. The molecule has 0 spiro atoms. The van der Waals surface area contributed by atoms with Crippen LogP contribution in [0, 0.1) is 5.92 Å². The van der Waals surface area contributed by atoms with Crippen LogP contribution < -0.4 is 5.32 Å². The molecular weight excluding hydrogens is 346 g/mol. The highest BCUT2D eigenvalue weighted by atomic mass is 35.5. The van der Waals surface area contributed by atoms with Gasteiger partial charge >= 0.3 is 0 Å². The minimum Gasteiger partial charge on any atom is -0.353 e. The second kappa shape index (κ2) is 9.54. The lowest BCUT2D eigenvalue weighted by Crippen LogP contribution is -2.34. The van der Waals surface area contributed by atoms with Crippen molar-refractivity contribution in [2.24, 2.45) is 5.92 Å². The predicted octanol–water partition coefficient (Wildman–Crippen LogP) is 5.06. The predicted molar refractivity (Wildman–Crippen MR) is 107 cm³/mol. The quantitative estimate of drug-likeness (QED) is 0.704. The topological polar surface area (TPSA) is 46.2 Å². The number of rotatable bonds is 8. The Morgan fingerprint density at radius 1 is 0.923 bits per heavy atom. The minimum absolute atomic E-state index is 0.00135. The van der Waals surface area contributed by atoms with E-state index in [0.717, 1.165) is 16.7 Å². The van der Waals surface area contributed by atoms with Gasteiger partial charge in [0.25, 0.3) is 0 Å². The largest absolute Gasteiger partial charge is 0.353 e. The van der Waals surface area contributed by atoms with Crippen LogP contribution in [0.15, 0.2) is 48.5 Å². The number of nitrogens with one attached hydrogen (secondary N) is 1. The second-order valence-electron chi connectivity index (χ2n) is 7.01. The van der Waals surface area contributed by atoms with Crippen molar-refractivity contribution >= 4 is 23.3 Å². The minimum atomic E-state index is -0.0197.